The number of unbranched alkanes of at least 4 members (excludes halogenated alkanes) is 18. The van der Waals surface area contributed by atoms with Gasteiger partial charge in [0.15, 0.2) is 0 Å². The van der Waals surface area contributed by atoms with Crippen LogP contribution in [0, 0.1) is 0 Å². The molecule has 0 aromatic rings. The summed E-state index contributed by atoms with van der Waals surface area (Å²) < 4.78 is 0. The Labute approximate surface area is 266 Å². The summed E-state index contributed by atoms with van der Waals surface area (Å²) in [5, 5.41) is 33.3. The zero-order valence-electron chi connectivity index (χ0n) is 28.3. The summed E-state index contributed by atoms with van der Waals surface area (Å²) in [5.74, 6) is -0.166. The number of hydrogen-bond acceptors (Lipinski definition) is 4. The SMILES string of the molecule is CCCCC/C=C\C/C=C\CCCCCCCCCC(=O)NC(CO)C(O)C(O)CCC/C=C/CCCCCCCCC. The summed E-state index contributed by atoms with van der Waals surface area (Å²) in [4.78, 5) is 12.3. The molecule has 0 heterocycles. The molecule has 0 bridgehead atoms. The first kappa shape index (κ1) is 41.6. The van der Waals surface area contributed by atoms with Crippen LogP contribution in [-0.4, -0.2) is 46.1 Å². The van der Waals surface area contributed by atoms with Gasteiger partial charge in [0, 0.05) is 6.42 Å². The van der Waals surface area contributed by atoms with Crippen molar-refractivity contribution in [1.29, 1.82) is 0 Å². The lowest BCUT2D eigenvalue weighted by Gasteiger charge is -2.26. The highest BCUT2D eigenvalue weighted by Crippen LogP contribution is 2.13. The van der Waals surface area contributed by atoms with Crippen LogP contribution < -0.4 is 5.32 Å². The summed E-state index contributed by atoms with van der Waals surface area (Å²) >= 11 is 0. The van der Waals surface area contributed by atoms with E-state index in [4.69, 9.17) is 0 Å². The Hall–Kier alpha value is -1.43. The normalized spacial score (nSPS) is 14.3. The van der Waals surface area contributed by atoms with E-state index in [1.54, 1.807) is 0 Å². The summed E-state index contributed by atoms with van der Waals surface area (Å²) in [5.41, 5.74) is 0. The van der Waals surface area contributed by atoms with E-state index >= 15 is 0 Å². The van der Waals surface area contributed by atoms with Crippen molar-refractivity contribution >= 4 is 5.91 Å². The molecule has 0 aliphatic heterocycles. The second-order valence-corrected chi connectivity index (χ2v) is 12.4. The molecule has 1 amide bonds. The van der Waals surface area contributed by atoms with Crippen molar-refractivity contribution in [2.24, 2.45) is 0 Å². The van der Waals surface area contributed by atoms with E-state index in [0.29, 0.717) is 12.8 Å². The van der Waals surface area contributed by atoms with Gasteiger partial charge in [-0.1, -0.05) is 134 Å². The lowest BCUT2D eigenvalue weighted by atomic mass is 10.0. The van der Waals surface area contributed by atoms with Gasteiger partial charge in [0.2, 0.25) is 5.91 Å². The fourth-order valence-corrected chi connectivity index (χ4v) is 5.31. The van der Waals surface area contributed by atoms with Gasteiger partial charge in [0.05, 0.1) is 18.8 Å². The minimum atomic E-state index is -1.16. The molecule has 43 heavy (non-hydrogen) atoms. The molecule has 4 N–H and O–H groups in total. The number of rotatable bonds is 32. The van der Waals surface area contributed by atoms with Crippen LogP contribution in [0.25, 0.3) is 0 Å². The molecule has 5 heteroatoms. The van der Waals surface area contributed by atoms with E-state index < -0.39 is 18.2 Å². The quantitative estimate of drug-likeness (QED) is 0.0454. The van der Waals surface area contributed by atoms with Crippen LogP contribution in [-0.2, 0) is 4.79 Å². The van der Waals surface area contributed by atoms with Crippen LogP contribution >= 0.6 is 0 Å². The predicted molar refractivity (Wildman–Crippen MR) is 185 cm³/mol. The monoisotopic (exact) mass is 606 g/mol. The second kappa shape index (κ2) is 33.5. The zero-order chi connectivity index (χ0) is 31.6. The molecule has 3 unspecified atom stereocenters. The largest absolute Gasteiger partial charge is 0.394 e. The Bertz CT molecular complexity index is 675. The number of aliphatic hydroxyl groups excluding tert-OH is 3. The molecule has 0 rings (SSSR count). The van der Waals surface area contributed by atoms with Crippen LogP contribution in [0.5, 0.6) is 0 Å². The average Bonchev–Trinajstić information content (AvgIpc) is 3.01. The topological polar surface area (TPSA) is 89.8 Å². The molecule has 0 saturated carbocycles. The molecule has 0 radical (unpaired) electrons. The fraction of sp³-hybridized carbons (Fsp3) is 0.816. The number of carbonyl (C=O) groups excluding carboxylic acids is 1. The first-order chi connectivity index (χ1) is 21.1. The first-order valence-corrected chi connectivity index (χ1v) is 18.3. The van der Waals surface area contributed by atoms with Gasteiger partial charge in [-0.3, -0.25) is 4.79 Å². The van der Waals surface area contributed by atoms with E-state index in [9.17, 15) is 20.1 Å². The van der Waals surface area contributed by atoms with Gasteiger partial charge in [-0.05, 0) is 70.6 Å². The first-order valence-electron chi connectivity index (χ1n) is 18.3. The molecular formula is C38H71NO4. The van der Waals surface area contributed by atoms with Crippen molar-refractivity contribution in [2.45, 2.75) is 193 Å². The van der Waals surface area contributed by atoms with Crippen LogP contribution in [0.15, 0.2) is 36.5 Å². The summed E-state index contributed by atoms with van der Waals surface area (Å²) in [6.45, 7) is 4.10. The number of allylic oxidation sites excluding steroid dienone is 6. The number of aliphatic hydroxyl groups is 3. The Morgan fingerprint density at radius 2 is 1.00 bits per heavy atom. The molecule has 0 aliphatic rings. The zero-order valence-corrected chi connectivity index (χ0v) is 28.3. The highest BCUT2D eigenvalue weighted by molar-refractivity contribution is 5.76. The molecule has 0 aliphatic carbocycles. The Morgan fingerprint density at radius 3 is 1.53 bits per heavy atom. The summed E-state index contributed by atoms with van der Waals surface area (Å²) in [6, 6.07) is -0.828. The number of hydrogen-bond donors (Lipinski definition) is 4. The lowest BCUT2D eigenvalue weighted by molar-refractivity contribution is -0.124. The van der Waals surface area contributed by atoms with Gasteiger partial charge in [0.1, 0.15) is 6.10 Å². The molecular weight excluding hydrogens is 534 g/mol. The van der Waals surface area contributed by atoms with E-state index in [1.807, 2.05) is 0 Å². The Morgan fingerprint density at radius 1 is 0.581 bits per heavy atom. The summed E-state index contributed by atoms with van der Waals surface area (Å²) in [7, 11) is 0. The third kappa shape index (κ3) is 29.1. The fourth-order valence-electron chi connectivity index (χ4n) is 5.31. The highest BCUT2D eigenvalue weighted by atomic mass is 16.3. The predicted octanol–water partition coefficient (Wildman–Crippen LogP) is 9.65. The molecule has 0 aromatic carbocycles. The van der Waals surface area contributed by atoms with E-state index in [2.05, 4.69) is 55.6 Å². The van der Waals surface area contributed by atoms with E-state index in [0.717, 1.165) is 51.4 Å². The second-order valence-electron chi connectivity index (χ2n) is 12.4. The van der Waals surface area contributed by atoms with Crippen molar-refractivity contribution in [3.63, 3.8) is 0 Å². The number of nitrogens with one attached hydrogen (secondary N) is 1. The van der Waals surface area contributed by atoms with Gasteiger partial charge >= 0.3 is 0 Å². The molecule has 252 valence electrons. The molecule has 0 spiro atoms. The molecule has 3 atom stereocenters. The standard InChI is InChI=1S/C38H71NO4/c1-3-5-7-9-11-13-15-17-18-19-20-21-23-25-27-29-31-33-37(42)39-35(34-40)38(43)36(41)32-30-28-26-24-22-16-14-12-10-8-6-4-2/h11,13,17-18,24,26,35-36,38,40-41,43H,3-10,12,14-16,19-23,25,27-34H2,1-2H3,(H,39,42)/b13-11-,18-17-,26-24+. The van der Waals surface area contributed by atoms with Gasteiger partial charge in [-0.15, -0.1) is 0 Å². The van der Waals surface area contributed by atoms with Crippen molar-refractivity contribution in [3.05, 3.63) is 36.5 Å². The van der Waals surface area contributed by atoms with Crippen molar-refractivity contribution in [1.82, 2.24) is 5.32 Å². The van der Waals surface area contributed by atoms with Crippen molar-refractivity contribution < 1.29 is 20.1 Å². The maximum atomic E-state index is 12.3. The van der Waals surface area contributed by atoms with Crippen molar-refractivity contribution in [2.75, 3.05) is 6.61 Å². The smallest absolute Gasteiger partial charge is 0.220 e. The van der Waals surface area contributed by atoms with Crippen LogP contribution in [0.3, 0.4) is 0 Å². The van der Waals surface area contributed by atoms with Gasteiger partial charge in [-0.25, -0.2) is 0 Å². The van der Waals surface area contributed by atoms with Crippen molar-refractivity contribution in [3.8, 4) is 0 Å². The lowest BCUT2D eigenvalue weighted by Crippen LogP contribution is -2.50. The maximum absolute atomic E-state index is 12.3. The van der Waals surface area contributed by atoms with Gasteiger partial charge in [-0.2, -0.15) is 0 Å². The van der Waals surface area contributed by atoms with Crippen LogP contribution in [0.4, 0.5) is 0 Å². The molecule has 0 fully saturated rings. The molecule has 0 saturated heterocycles. The average molecular weight is 606 g/mol. The van der Waals surface area contributed by atoms with Gasteiger partial charge in [0.25, 0.3) is 0 Å². The van der Waals surface area contributed by atoms with E-state index in [1.165, 1.54) is 96.3 Å². The minimum Gasteiger partial charge on any atom is -0.394 e. The highest BCUT2D eigenvalue weighted by Gasteiger charge is 2.26. The molecule has 5 nitrogen and oxygen atoms in total. The van der Waals surface area contributed by atoms with Gasteiger partial charge < -0.3 is 20.6 Å². The van der Waals surface area contributed by atoms with Crippen LogP contribution in [0.2, 0.25) is 0 Å². The third-order valence-electron chi connectivity index (χ3n) is 8.22. The molecule has 0 aromatic heterocycles. The Balaban J connectivity index is 3.76. The minimum absolute atomic E-state index is 0.166. The maximum Gasteiger partial charge on any atom is 0.220 e. The van der Waals surface area contributed by atoms with E-state index in [-0.39, 0.29) is 12.5 Å². The third-order valence-corrected chi connectivity index (χ3v) is 8.22. The number of amides is 1. The number of carbonyl (C=O) groups is 1. The summed E-state index contributed by atoms with van der Waals surface area (Å²) in [6.07, 6.45) is 39.5. The Kier molecular flexibility index (Phi) is 32.3. The van der Waals surface area contributed by atoms with Crippen LogP contribution in [0.1, 0.15) is 174 Å².